The Hall–Kier alpha value is -2.40. The largest absolute Gasteiger partial charge is 0.487 e. The van der Waals surface area contributed by atoms with Gasteiger partial charge in [0.05, 0.1) is 5.69 Å². The van der Waals surface area contributed by atoms with Gasteiger partial charge in [0.2, 0.25) is 0 Å². The van der Waals surface area contributed by atoms with Crippen molar-refractivity contribution < 1.29 is 9.53 Å². The number of nitrogens with two attached hydrogens (primary N) is 1. The van der Waals surface area contributed by atoms with Gasteiger partial charge in [0.15, 0.2) is 0 Å². The van der Waals surface area contributed by atoms with E-state index in [1.807, 2.05) is 30.3 Å². The highest BCUT2D eigenvalue weighted by molar-refractivity contribution is 5.91. The van der Waals surface area contributed by atoms with Crippen LogP contribution in [0.25, 0.3) is 0 Å². The number of nitrogen functional groups attached to an aromatic ring is 1. The third-order valence-electron chi connectivity index (χ3n) is 3.09. The molecule has 0 saturated heterocycles. The zero-order chi connectivity index (χ0) is 15.2. The van der Waals surface area contributed by atoms with Crippen LogP contribution in [0.1, 0.15) is 41.5 Å². The number of para-hydroxylation sites is 1. The molecular formula is C16H19N3O2. The van der Waals surface area contributed by atoms with Crippen LogP contribution >= 0.6 is 0 Å². The minimum atomic E-state index is -0.417. The Morgan fingerprint density at radius 1 is 1.24 bits per heavy atom. The zero-order valence-corrected chi connectivity index (χ0v) is 12.2. The lowest BCUT2D eigenvalue weighted by Crippen LogP contribution is -2.30. The number of hydrazine groups is 1. The predicted octanol–water partition coefficient (Wildman–Crippen LogP) is 2.39. The molecule has 0 aliphatic rings. The van der Waals surface area contributed by atoms with Gasteiger partial charge in [0, 0.05) is 0 Å². The maximum absolute atomic E-state index is 11.4. The second-order valence-corrected chi connectivity index (χ2v) is 4.97. The number of carbonyl (C=O) groups excluding carboxylic acids is 1. The maximum atomic E-state index is 11.4. The van der Waals surface area contributed by atoms with Crippen LogP contribution in [0.15, 0.2) is 42.5 Å². The van der Waals surface area contributed by atoms with Gasteiger partial charge in [-0.1, -0.05) is 38.1 Å². The summed E-state index contributed by atoms with van der Waals surface area (Å²) in [4.78, 5) is 15.7. The fourth-order valence-electron chi connectivity index (χ4n) is 2.00. The van der Waals surface area contributed by atoms with E-state index in [4.69, 9.17) is 10.6 Å². The van der Waals surface area contributed by atoms with Gasteiger partial charge in [0.1, 0.15) is 18.1 Å². The molecule has 0 unspecified atom stereocenters. The maximum Gasteiger partial charge on any atom is 0.283 e. The van der Waals surface area contributed by atoms with E-state index in [9.17, 15) is 4.79 Å². The average Bonchev–Trinajstić information content (AvgIpc) is 2.52. The number of hydrogen-bond donors (Lipinski definition) is 2. The Labute approximate surface area is 124 Å². The predicted molar refractivity (Wildman–Crippen MR) is 80.8 cm³/mol. The number of rotatable bonds is 5. The molecule has 0 spiro atoms. The second kappa shape index (κ2) is 6.85. The first-order valence-electron chi connectivity index (χ1n) is 6.80. The minimum Gasteiger partial charge on any atom is -0.487 e. The first-order valence-corrected chi connectivity index (χ1v) is 6.80. The van der Waals surface area contributed by atoms with Gasteiger partial charge in [-0.15, -0.1) is 0 Å². The Bertz CT molecular complexity index is 626. The van der Waals surface area contributed by atoms with E-state index in [-0.39, 0.29) is 5.69 Å². The van der Waals surface area contributed by atoms with Gasteiger partial charge in [0.25, 0.3) is 5.91 Å². The van der Waals surface area contributed by atoms with Crippen LogP contribution in [0.3, 0.4) is 0 Å². The standard InChI is InChI=1S/C16H19N3O2/c1-11(2)13-7-3-4-9-15(13)21-10-12-6-5-8-14(18-12)16(20)19-17/h3-9,11H,10,17H2,1-2H3,(H,19,20). The molecule has 0 aliphatic heterocycles. The molecular weight excluding hydrogens is 266 g/mol. The van der Waals surface area contributed by atoms with Crippen LogP contribution in [0.2, 0.25) is 0 Å². The van der Waals surface area contributed by atoms with Crippen molar-refractivity contribution in [3.05, 3.63) is 59.4 Å². The molecule has 0 radical (unpaired) electrons. The molecule has 1 aromatic heterocycles. The highest BCUT2D eigenvalue weighted by atomic mass is 16.5. The summed E-state index contributed by atoms with van der Waals surface area (Å²) < 4.78 is 5.83. The fraction of sp³-hybridized carbons (Fsp3) is 0.250. The lowest BCUT2D eigenvalue weighted by Gasteiger charge is -2.13. The van der Waals surface area contributed by atoms with Crippen molar-refractivity contribution >= 4 is 5.91 Å². The Balaban J connectivity index is 2.12. The molecule has 1 heterocycles. The van der Waals surface area contributed by atoms with Gasteiger partial charge in [-0.25, -0.2) is 10.8 Å². The molecule has 5 nitrogen and oxygen atoms in total. The van der Waals surface area contributed by atoms with Crippen LogP contribution in [0, 0.1) is 0 Å². The first kappa shape index (κ1) is 15.0. The van der Waals surface area contributed by atoms with Crippen LogP contribution in [0.4, 0.5) is 0 Å². The summed E-state index contributed by atoms with van der Waals surface area (Å²) in [6.45, 7) is 4.54. The molecule has 5 heteroatoms. The summed E-state index contributed by atoms with van der Waals surface area (Å²) >= 11 is 0. The smallest absolute Gasteiger partial charge is 0.283 e. The van der Waals surface area contributed by atoms with Crippen molar-refractivity contribution in [2.24, 2.45) is 5.84 Å². The average molecular weight is 285 g/mol. The first-order chi connectivity index (χ1) is 10.1. The number of nitrogens with zero attached hydrogens (tertiary/aromatic N) is 1. The molecule has 2 rings (SSSR count). The Morgan fingerprint density at radius 3 is 2.71 bits per heavy atom. The van der Waals surface area contributed by atoms with E-state index in [2.05, 4.69) is 24.3 Å². The van der Waals surface area contributed by atoms with Gasteiger partial charge >= 0.3 is 0 Å². The van der Waals surface area contributed by atoms with E-state index >= 15 is 0 Å². The molecule has 2 aromatic rings. The van der Waals surface area contributed by atoms with Crippen molar-refractivity contribution in [2.75, 3.05) is 0 Å². The molecule has 0 bridgehead atoms. The zero-order valence-electron chi connectivity index (χ0n) is 12.2. The van der Waals surface area contributed by atoms with Gasteiger partial charge in [-0.2, -0.15) is 0 Å². The highest BCUT2D eigenvalue weighted by Gasteiger charge is 2.09. The minimum absolute atomic E-state index is 0.274. The van der Waals surface area contributed by atoms with Crippen LogP contribution < -0.4 is 16.0 Å². The van der Waals surface area contributed by atoms with E-state index in [0.29, 0.717) is 18.2 Å². The van der Waals surface area contributed by atoms with E-state index in [1.165, 1.54) is 0 Å². The number of ether oxygens (including phenoxy) is 1. The normalized spacial score (nSPS) is 10.5. The molecule has 110 valence electrons. The molecule has 0 fully saturated rings. The highest BCUT2D eigenvalue weighted by Crippen LogP contribution is 2.26. The third-order valence-corrected chi connectivity index (χ3v) is 3.09. The number of amides is 1. The summed E-state index contributed by atoms with van der Waals surface area (Å²) in [6.07, 6.45) is 0. The SMILES string of the molecule is CC(C)c1ccccc1OCc1cccc(C(=O)NN)n1. The van der Waals surface area contributed by atoms with Crippen molar-refractivity contribution in [1.29, 1.82) is 0 Å². The number of hydrogen-bond acceptors (Lipinski definition) is 4. The number of nitrogens with one attached hydrogen (secondary N) is 1. The third kappa shape index (κ3) is 3.79. The topological polar surface area (TPSA) is 77.2 Å². The lowest BCUT2D eigenvalue weighted by atomic mass is 10.0. The van der Waals surface area contributed by atoms with Crippen molar-refractivity contribution in [3.63, 3.8) is 0 Å². The van der Waals surface area contributed by atoms with Crippen LogP contribution in [-0.2, 0) is 6.61 Å². The van der Waals surface area contributed by atoms with E-state index in [0.717, 1.165) is 11.3 Å². The molecule has 0 aliphatic carbocycles. The monoisotopic (exact) mass is 285 g/mol. The number of pyridine rings is 1. The Kier molecular flexibility index (Phi) is 4.90. The van der Waals surface area contributed by atoms with Crippen molar-refractivity contribution in [1.82, 2.24) is 10.4 Å². The van der Waals surface area contributed by atoms with Gasteiger partial charge < -0.3 is 4.74 Å². The molecule has 0 atom stereocenters. The second-order valence-electron chi connectivity index (χ2n) is 4.97. The van der Waals surface area contributed by atoms with E-state index in [1.54, 1.807) is 12.1 Å². The van der Waals surface area contributed by atoms with Crippen molar-refractivity contribution in [3.8, 4) is 5.75 Å². The summed E-state index contributed by atoms with van der Waals surface area (Å²) in [6, 6.07) is 13.1. The quantitative estimate of drug-likeness (QED) is 0.502. The summed E-state index contributed by atoms with van der Waals surface area (Å²) in [7, 11) is 0. The molecule has 0 saturated carbocycles. The van der Waals surface area contributed by atoms with Gasteiger partial charge in [-0.3, -0.25) is 10.2 Å². The van der Waals surface area contributed by atoms with Gasteiger partial charge in [-0.05, 0) is 29.7 Å². The summed E-state index contributed by atoms with van der Waals surface area (Å²) in [5.74, 6) is 5.90. The molecule has 1 amide bonds. The van der Waals surface area contributed by atoms with Crippen molar-refractivity contribution in [2.45, 2.75) is 26.4 Å². The number of benzene rings is 1. The molecule has 1 aromatic carbocycles. The number of carbonyl (C=O) groups is 1. The molecule has 3 N–H and O–H groups in total. The van der Waals surface area contributed by atoms with Crippen LogP contribution in [-0.4, -0.2) is 10.9 Å². The van der Waals surface area contributed by atoms with E-state index < -0.39 is 5.91 Å². The van der Waals surface area contributed by atoms with Crippen LogP contribution in [0.5, 0.6) is 5.75 Å². The summed E-state index contributed by atoms with van der Waals surface area (Å²) in [5, 5.41) is 0. The Morgan fingerprint density at radius 2 is 2.00 bits per heavy atom. The fourth-order valence-corrected chi connectivity index (χ4v) is 2.00. The number of aromatic nitrogens is 1. The molecule has 21 heavy (non-hydrogen) atoms. The summed E-state index contributed by atoms with van der Waals surface area (Å²) in [5.41, 5.74) is 4.16. The lowest BCUT2D eigenvalue weighted by molar-refractivity contribution is 0.0948.